The molecule has 3 aromatic rings. The van der Waals surface area contributed by atoms with Gasteiger partial charge in [-0.25, -0.2) is 8.78 Å². The number of ketones is 1. The third kappa shape index (κ3) is 4.32. The van der Waals surface area contributed by atoms with Gasteiger partial charge in [-0.15, -0.1) is 0 Å². The summed E-state index contributed by atoms with van der Waals surface area (Å²) in [6, 6.07) is 17.3. The van der Waals surface area contributed by atoms with Crippen molar-refractivity contribution in [2.45, 2.75) is 30.8 Å². The van der Waals surface area contributed by atoms with E-state index in [1.807, 2.05) is 42.5 Å². The summed E-state index contributed by atoms with van der Waals surface area (Å²) in [5, 5.41) is 4.36. The topological polar surface area (TPSA) is 32.3 Å². The molecule has 1 spiro atoms. The van der Waals surface area contributed by atoms with Crippen LogP contribution in [0.2, 0.25) is 5.02 Å². The number of fused-ring (bicyclic) bond motifs is 1. The highest BCUT2D eigenvalue weighted by atomic mass is 79.9. The second kappa shape index (κ2) is 8.82. The van der Waals surface area contributed by atoms with Gasteiger partial charge < -0.3 is 5.32 Å². The van der Waals surface area contributed by atoms with Gasteiger partial charge in [0.2, 0.25) is 0 Å². The summed E-state index contributed by atoms with van der Waals surface area (Å²) in [5.41, 5.74) is 2.77. The maximum absolute atomic E-state index is 13.7. The van der Waals surface area contributed by atoms with Crippen molar-refractivity contribution < 1.29 is 13.6 Å². The van der Waals surface area contributed by atoms with E-state index in [1.54, 1.807) is 6.07 Å². The molecular weight excluding hydrogens is 510 g/mol. The Balaban J connectivity index is 1.44. The zero-order chi connectivity index (χ0) is 23.2. The monoisotopic (exact) mass is 530 g/mol. The number of halogens is 4. The fraction of sp³-hybridized carbons (Fsp3) is 0.269. The molecule has 170 valence electrons. The molecule has 0 radical (unpaired) electrons. The van der Waals surface area contributed by atoms with Crippen LogP contribution in [0.4, 0.5) is 14.5 Å². The van der Waals surface area contributed by atoms with E-state index in [4.69, 9.17) is 11.6 Å². The Morgan fingerprint density at radius 2 is 1.73 bits per heavy atom. The minimum absolute atomic E-state index is 0.104. The predicted molar refractivity (Wildman–Crippen MR) is 130 cm³/mol. The van der Waals surface area contributed by atoms with E-state index in [0.29, 0.717) is 17.1 Å². The van der Waals surface area contributed by atoms with Gasteiger partial charge in [0.15, 0.2) is 17.4 Å². The number of carbonyl (C=O) groups is 1. The van der Waals surface area contributed by atoms with Gasteiger partial charge in [-0.2, -0.15) is 0 Å². The number of piperidine rings is 1. The molecule has 33 heavy (non-hydrogen) atoms. The molecule has 0 amide bonds. The predicted octanol–water partition coefficient (Wildman–Crippen LogP) is 6.81. The third-order valence-corrected chi connectivity index (χ3v) is 7.53. The molecule has 1 atom stereocenters. The van der Waals surface area contributed by atoms with Crippen LogP contribution in [0, 0.1) is 11.6 Å². The number of benzene rings is 3. The highest BCUT2D eigenvalue weighted by Gasteiger charge is 2.49. The molecule has 1 fully saturated rings. The Morgan fingerprint density at radius 3 is 2.42 bits per heavy atom. The molecule has 2 aliphatic heterocycles. The summed E-state index contributed by atoms with van der Waals surface area (Å²) in [6.45, 7) is 1.99. The molecule has 0 aromatic heterocycles. The molecule has 1 N–H and O–H groups in total. The molecule has 5 rings (SSSR count). The normalized spacial score (nSPS) is 19.9. The van der Waals surface area contributed by atoms with Crippen LogP contribution in [0.15, 0.2) is 65.1 Å². The summed E-state index contributed by atoms with van der Waals surface area (Å²) in [5.74, 6) is -1.90. The average molecular weight is 532 g/mol. The molecule has 0 bridgehead atoms. The van der Waals surface area contributed by atoms with E-state index in [0.717, 1.165) is 47.2 Å². The van der Waals surface area contributed by atoms with E-state index in [-0.39, 0.29) is 11.7 Å². The van der Waals surface area contributed by atoms with Crippen molar-refractivity contribution in [1.29, 1.82) is 0 Å². The molecule has 1 unspecified atom stereocenters. The summed E-state index contributed by atoms with van der Waals surface area (Å²) < 4.78 is 27.9. The van der Waals surface area contributed by atoms with Crippen LogP contribution in [0.5, 0.6) is 0 Å². The summed E-state index contributed by atoms with van der Waals surface area (Å²) in [6.07, 6.45) is 1.48. The lowest BCUT2D eigenvalue weighted by Gasteiger charge is -2.50. The lowest BCUT2D eigenvalue weighted by atomic mass is 9.67. The number of rotatable bonds is 3. The fourth-order valence-electron chi connectivity index (χ4n) is 5.13. The highest BCUT2D eigenvalue weighted by molar-refractivity contribution is 9.10. The minimum Gasteiger partial charge on any atom is -0.378 e. The van der Waals surface area contributed by atoms with E-state index in [2.05, 4.69) is 26.1 Å². The largest absolute Gasteiger partial charge is 0.378 e. The van der Waals surface area contributed by atoms with Crippen LogP contribution in [-0.4, -0.2) is 29.3 Å². The van der Waals surface area contributed by atoms with E-state index < -0.39 is 17.2 Å². The Labute approximate surface area is 204 Å². The highest BCUT2D eigenvalue weighted by Crippen LogP contribution is 2.47. The lowest BCUT2D eigenvalue weighted by molar-refractivity contribution is 0.0842. The molecule has 3 nitrogen and oxygen atoms in total. The first-order valence-electron chi connectivity index (χ1n) is 10.9. The fourth-order valence-corrected chi connectivity index (χ4v) is 5.61. The van der Waals surface area contributed by atoms with Gasteiger partial charge in [0, 0.05) is 40.4 Å². The van der Waals surface area contributed by atoms with Crippen molar-refractivity contribution >= 4 is 39.0 Å². The number of anilines is 1. The number of Topliss-reactive ketones (excluding diaryl/α,β-unsaturated/α-hetero) is 1. The minimum atomic E-state index is -0.836. The van der Waals surface area contributed by atoms with Gasteiger partial charge in [-0.3, -0.25) is 9.69 Å². The standard InChI is InChI=1S/C26H22BrClF2N2O/c27-18-4-7-20-23(14-18)31-26(24(25(20)33)17-2-5-19(28)6-3-17)9-11-32(12-10-26)15-16-1-8-21(29)22(30)13-16/h1-8,13-14,24,31H,9-12,15H2. The summed E-state index contributed by atoms with van der Waals surface area (Å²) in [7, 11) is 0. The van der Waals surface area contributed by atoms with Gasteiger partial charge in [0.05, 0.1) is 11.5 Å². The number of carbonyl (C=O) groups excluding carboxylic acids is 1. The summed E-state index contributed by atoms with van der Waals surface area (Å²) >= 11 is 9.63. The third-order valence-electron chi connectivity index (χ3n) is 6.79. The van der Waals surface area contributed by atoms with Gasteiger partial charge >= 0.3 is 0 Å². The van der Waals surface area contributed by atoms with Crippen LogP contribution < -0.4 is 5.32 Å². The van der Waals surface area contributed by atoms with Crippen LogP contribution >= 0.6 is 27.5 Å². The van der Waals surface area contributed by atoms with Crippen LogP contribution in [-0.2, 0) is 6.54 Å². The maximum Gasteiger partial charge on any atom is 0.174 e. The first kappa shape index (κ1) is 22.5. The Kier molecular flexibility index (Phi) is 6.02. The maximum atomic E-state index is 13.7. The first-order chi connectivity index (χ1) is 15.8. The van der Waals surface area contributed by atoms with Gasteiger partial charge in [0.25, 0.3) is 0 Å². The number of nitrogens with zero attached hydrogens (tertiary/aromatic N) is 1. The molecule has 7 heteroatoms. The van der Waals surface area contributed by atoms with Gasteiger partial charge in [0.1, 0.15) is 0 Å². The van der Waals surface area contributed by atoms with Crippen molar-refractivity contribution in [3.63, 3.8) is 0 Å². The van der Waals surface area contributed by atoms with Gasteiger partial charge in [-0.1, -0.05) is 45.7 Å². The van der Waals surface area contributed by atoms with Crippen molar-refractivity contribution in [3.8, 4) is 0 Å². The number of nitrogens with one attached hydrogen (secondary N) is 1. The molecular formula is C26H22BrClF2N2O. The molecule has 2 aliphatic rings. The molecule has 0 saturated carbocycles. The SMILES string of the molecule is O=C1c2ccc(Br)cc2NC2(CCN(Cc3ccc(F)c(F)c3)CC2)C1c1ccc(Cl)cc1. The molecule has 1 saturated heterocycles. The van der Waals surface area contributed by atoms with Gasteiger partial charge in [-0.05, 0) is 66.4 Å². The molecule has 0 aliphatic carbocycles. The Bertz CT molecular complexity index is 1210. The Morgan fingerprint density at radius 1 is 1.00 bits per heavy atom. The second-order valence-electron chi connectivity index (χ2n) is 8.84. The van der Waals surface area contributed by atoms with E-state index in [9.17, 15) is 13.6 Å². The number of hydrogen-bond donors (Lipinski definition) is 1. The van der Waals surface area contributed by atoms with E-state index >= 15 is 0 Å². The van der Waals surface area contributed by atoms with Crippen molar-refractivity contribution in [1.82, 2.24) is 4.90 Å². The van der Waals surface area contributed by atoms with Crippen molar-refractivity contribution in [3.05, 3.63) is 98.5 Å². The average Bonchev–Trinajstić information content (AvgIpc) is 2.79. The van der Waals surface area contributed by atoms with Crippen LogP contribution in [0.1, 0.15) is 40.2 Å². The van der Waals surface area contributed by atoms with Crippen LogP contribution in [0.3, 0.4) is 0 Å². The smallest absolute Gasteiger partial charge is 0.174 e. The second-order valence-corrected chi connectivity index (χ2v) is 10.2. The lowest BCUT2D eigenvalue weighted by Crippen LogP contribution is -2.56. The number of likely N-dealkylation sites (tertiary alicyclic amines) is 1. The quantitative estimate of drug-likeness (QED) is 0.403. The summed E-state index contributed by atoms with van der Waals surface area (Å²) in [4.78, 5) is 16.0. The zero-order valence-electron chi connectivity index (χ0n) is 17.8. The molecule has 3 aromatic carbocycles. The number of hydrogen-bond acceptors (Lipinski definition) is 3. The first-order valence-corrected chi connectivity index (χ1v) is 12.1. The van der Waals surface area contributed by atoms with Crippen molar-refractivity contribution in [2.24, 2.45) is 0 Å². The zero-order valence-corrected chi connectivity index (χ0v) is 20.1. The van der Waals surface area contributed by atoms with Crippen LogP contribution in [0.25, 0.3) is 0 Å². The molecule has 2 heterocycles. The van der Waals surface area contributed by atoms with E-state index in [1.165, 1.54) is 12.1 Å². The van der Waals surface area contributed by atoms with Crippen molar-refractivity contribution in [2.75, 3.05) is 18.4 Å². The Hall–Kier alpha value is -2.28.